The van der Waals surface area contributed by atoms with Crippen molar-refractivity contribution in [3.05, 3.63) is 53.6 Å². The number of para-hydroxylation sites is 1. The Kier molecular flexibility index (Phi) is 7.61. The molecule has 2 aromatic carbocycles. The molecule has 0 amide bonds. The SMILES string of the molecule is CN=C(NCc1ccc2c(c1)OCO2)NCc1ccccc1OC(F)(F)F.I. The van der Waals surface area contributed by atoms with Gasteiger partial charge in [0, 0.05) is 25.7 Å². The zero-order valence-corrected chi connectivity index (χ0v) is 17.2. The molecule has 6 nitrogen and oxygen atoms in total. The van der Waals surface area contributed by atoms with Gasteiger partial charge in [0.05, 0.1) is 0 Å². The number of nitrogens with one attached hydrogen (secondary N) is 2. The van der Waals surface area contributed by atoms with Gasteiger partial charge < -0.3 is 24.8 Å². The van der Waals surface area contributed by atoms with Crippen LogP contribution >= 0.6 is 24.0 Å². The Bertz CT molecular complexity index is 831. The third-order valence-corrected chi connectivity index (χ3v) is 3.77. The molecule has 0 spiro atoms. The van der Waals surface area contributed by atoms with Gasteiger partial charge in [0.15, 0.2) is 17.5 Å². The molecule has 3 rings (SSSR count). The Morgan fingerprint density at radius 3 is 2.54 bits per heavy atom. The van der Waals surface area contributed by atoms with Crippen LogP contribution < -0.4 is 24.8 Å². The fourth-order valence-corrected chi connectivity index (χ4v) is 2.51. The summed E-state index contributed by atoms with van der Waals surface area (Å²) in [5.74, 6) is 1.57. The summed E-state index contributed by atoms with van der Waals surface area (Å²) in [6.45, 7) is 0.777. The largest absolute Gasteiger partial charge is 0.573 e. The first-order valence-corrected chi connectivity index (χ1v) is 8.11. The molecule has 152 valence electrons. The smallest absolute Gasteiger partial charge is 0.454 e. The standard InChI is InChI=1S/C18H18F3N3O3.HI/c1-22-17(23-9-12-6-7-15-16(8-12)26-11-25-15)24-10-13-4-2-3-5-14(13)27-18(19,20)21;/h2-8H,9-11H2,1H3,(H2,22,23,24);1H. The highest BCUT2D eigenvalue weighted by Gasteiger charge is 2.31. The van der Waals surface area contributed by atoms with Crippen molar-refractivity contribution in [2.24, 2.45) is 4.99 Å². The number of hydrogen-bond acceptors (Lipinski definition) is 4. The van der Waals surface area contributed by atoms with Crippen LogP contribution in [0.25, 0.3) is 0 Å². The van der Waals surface area contributed by atoms with Crippen LogP contribution in [0.3, 0.4) is 0 Å². The number of aliphatic imine (C=N–C) groups is 1. The third kappa shape index (κ3) is 6.08. The summed E-state index contributed by atoms with van der Waals surface area (Å²) in [6, 6.07) is 11.5. The van der Waals surface area contributed by atoms with Crippen LogP contribution in [-0.4, -0.2) is 26.2 Å². The van der Waals surface area contributed by atoms with Gasteiger partial charge in [0.25, 0.3) is 0 Å². The van der Waals surface area contributed by atoms with E-state index in [4.69, 9.17) is 9.47 Å². The molecule has 0 saturated carbocycles. The van der Waals surface area contributed by atoms with Crippen LogP contribution in [0.2, 0.25) is 0 Å². The van der Waals surface area contributed by atoms with Crippen molar-refractivity contribution in [2.45, 2.75) is 19.5 Å². The average molecular weight is 509 g/mol. The van der Waals surface area contributed by atoms with Gasteiger partial charge in [-0.3, -0.25) is 4.99 Å². The minimum atomic E-state index is -4.74. The molecule has 2 N–H and O–H groups in total. The van der Waals surface area contributed by atoms with E-state index in [2.05, 4.69) is 20.4 Å². The summed E-state index contributed by atoms with van der Waals surface area (Å²) < 4.78 is 52.1. The van der Waals surface area contributed by atoms with E-state index in [0.717, 1.165) is 5.56 Å². The minimum Gasteiger partial charge on any atom is -0.454 e. The number of halogens is 4. The van der Waals surface area contributed by atoms with E-state index in [0.29, 0.717) is 29.6 Å². The molecule has 10 heteroatoms. The summed E-state index contributed by atoms with van der Waals surface area (Å²) in [5.41, 5.74) is 1.31. The molecule has 0 saturated heterocycles. The van der Waals surface area contributed by atoms with E-state index in [-0.39, 0.29) is 43.1 Å². The quantitative estimate of drug-likeness (QED) is 0.365. The predicted molar refractivity (Wildman–Crippen MR) is 108 cm³/mol. The first-order valence-electron chi connectivity index (χ1n) is 8.11. The molecule has 0 bridgehead atoms. The summed E-state index contributed by atoms with van der Waals surface area (Å²) in [5, 5.41) is 6.06. The van der Waals surface area contributed by atoms with Crippen molar-refractivity contribution < 1.29 is 27.4 Å². The van der Waals surface area contributed by atoms with Crippen LogP contribution in [0.1, 0.15) is 11.1 Å². The molecule has 2 aromatic rings. The molecule has 1 aliphatic rings. The lowest BCUT2D eigenvalue weighted by Gasteiger charge is -2.15. The number of fused-ring (bicyclic) bond motifs is 1. The van der Waals surface area contributed by atoms with Gasteiger partial charge in [0.1, 0.15) is 5.75 Å². The first-order chi connectivity index (χ1) is 12.9. The number of hydrogen-bond donors (Lipinski definition) is 2. The van der Waals surface area contributed by atoms with Crippen molar-refractivity contribution in [1.82, 2.24) is 10.6 Å². The van der Waals surface area contributed by atoms with E-state index in [9.17, 15) is 13.2 Å². The Hall–Kier alpha value is -2.37. The van der Waals surface area contributed by atoms with Crippen molar-refractivity contribution in [2.75, 3.05) is 13.8 Å². The molecular weight excluding hydrogens is 490 g/mol. The second-order valence-corrected chi connectivity index (χ2v) is 5.62. The normalized spacial score (nSPS) is 12.9. The van der Waals surface area contributed by atoms with Gasteiger partial charge in [-0.15, -0.1) is 37.1 Å². The van der Waals surface area contributed by atoms with Crippen LogP contribution in [0, 0.1) is 0 Å². The van der Waals surface area contributed by atoms with Gasteiger partial charge in [0.2, 0.25) is 6.79 Å². The lowest BCUT2D eigenvalue weighted by Crippen LogP contribution is -2.36. The molecule has 28 heavy (non-hydrogen) atoms. The molecule has 0 fully saturated rings. The lowest BCUT2D eigenvalue weighted by atomic mass is 10.2. The second kappa shape index (κ2) is 9.71. The molecule has 0 radical (unpaired) electrons. The summed E-state index contributed by atoms with van der Waals surface area (Å²) in [6.07, 6.45) is -4.74. The summed E-state index contributed by atoms with van der Waals surface area (Å²) in [4.78, 5) is 4.07. The molecule has 0 aliphatic carbocycles. The van der Waals surface area contributed by atoms with Gasteiger partial charge in [-0.05, 0) is 23.8 Å². The van der Waals surface area contributed by atoms with Gasteiger partial charge >= 0.3 is 6.36 Å². The molecule has 1 heterocycles. The first kappa shape index (κ1) is 21.9. The maximum Gasteiger partial charge on any atom is 0.573 e. The van der Waals surface area contributed by atoms with E-state index in [1.54, 1.807) is 19.2 Å². The number of benzene rings is 2. The Labute approximate surface area is 177 Å². The van der Waals surface area contributed by atoms with Gasteiger partial charge in [-0.2, -0.15) is 0 Å². The highest BCUT2D eigenvalue weighted by molar-refractivity contribution is 14.0. The molecule has 1 aliphatic heterocycles. The predicted octanol–water partition coefficient (Wildman–Crippen LogP) is 3.80. The topological polar surface area (TPSA) is 64.1 Å². The summed E-state index contributed by atoms with van der Waals surface area (Å²) in [7, 11) is 1.58. The Balaban J connectivity index is 0.00000280. The lowest BCUT2D eigenvalue weighted by molar-refractivity contribution is -0.274. The number of ether oxygens (including phenoxy) is 3. The average Bonchev–Trinajstić information content (AvgIpc) is 3.09. The molecule has 0 atom stereocenters. The van der Waals surface area contributed by atoms with Crippen LogP contribution in [-0.2, 0) is 13.1 Å². The van der Waals surface area contributed by atoms with Crippen molar-refractivity contribution in [1.29, 1.82) is 0 Å². The number of rotatable bonds is 5. The van der Waals surface area contributed by atoms with Crippen LogP contribution in [0.5, 0.6) is 17.2 Å². The number of nitrogens with zero attached hydrogens (tertiary/aromatic N) is 1. The fraction of sp³-hybridized carbons (Fsp3) is 0.278. The monoisotopic (exact) mass is 509 g/mol. The second-order valence-electron chi connectivity index (χ2n) is 5.62. The van der Waals surface area contributed by atoms with Crippen LogP contribution in [0.4, 0.5) is 13.2 Å². The van der Waals surface area contributed by atoms with E-state index >= 15 is 0 Å². The highest BCUT2D eigenvalue weighted by atomic mass is 127. The Morgan fingerprint density at radius 2 is 1.79 bits per heavy atom. The van der Waals surface area contributed by atoms with Gasteiger partial charge in [-0.25, -0.2) is 0 Å². The fourth-order valence-electron chi connectivity index (χ4n) is 2.51. The van der Waals surface area contributed by atoms with E-state index in [1.165, 1.54) is 12.1 Å². The van der Waals surface area contributed by atoms with E-state index in [1.807, 2.05) is 18.2 Å². The van der Waals surface area contributed by atoms with Crippen LogP contribution in [0.15, 0.2) is 47.5 Å². The molecule has 0 unspecified atom stereocenters. The van der Waals surface area contributed by atoms with Crippen molar-refractivity contribution in [3.8, 4) is 17.2 Å². The maximum absolute atomic E-state index is 12.5. The number of alkyl halides is 3. The molecular formula is C18H19F3IN3O3. The third-order valence-electron chi connectivity index (χ3n) is 3.77. The zero-order valence-electron chi connectivity index (χ0n) is 14.9. The maximum atomic E-state index is 12.5. The highest BCUT2D eigenvalue weighted by Crippen LogP contribution is 2.32. The number of guanidine groups is 1. The van der Waals surface area contributed by atoms with Gasteiger partial charge in [-0.1, -0.05) is 24.3 Å². The van der Waals surface area contributed by atoms with E-state index < -0.39 is 6.36 Å². The minimum absolute atomic E-state index is 0. The molecule has 0 aromatic heterocycles. The Morgan fingerprint density at radius 1 is 1.07 bits per heavy atom. The van der Waals surface area contributed by atoms with Crippen molar-refractivity contribution in [3.63, 3.8) is 0 Å². The zero-order chi connectivity index (χ0) is 19.3. The van der Waals surface area contributed by atoms with Crippen molar-refractivity contribution >= 4 is 29.9 Å². The summed E-state index contributed by atoms with van der Waals surface area (Å²) >= 11 is 0.